The van der Waals surface area contributed by atoms with E-state index >= 15 is 0 Å². The molecule has 27 heavy (non-hydrogen) atoms. The standard InChI is InChI=1S/C18H32N6O3/c1-12(21-17(26)27-18(3,4)5)14-9-7-8-10-24(14)16(25)20-13(2)15-22-19-11-23(15)6/h11-14H,7-10H2,1-6H3,(H,20,25)(H,21,26)/t12-,13-,14+/m0/s1. The van der Waals surface area contributed by atoms with Gasteiger partial charge in [0, 0.05) is 19.6 Å². The van der Waals surface area contributed by atoms with Gasteiger partial charge in [-0.3, -0.25) is 0 Å². The Labute approximate surface area is 160 Å². The third-order valence-corrected chi connectivity index (χ3v) is 4.61. The first-order valence-electron chi connectivity index (χ1n) is 9.49. The quantitative estimate of drug-likeness (QED) is 0.835. The van der Waals surface area contributed by atoms with Crippen molar-refractivity contribution in [2.24, 2.45) is 7.05 Å². The van der Waals surface area contributed by atoms with Gasteiger partial charge in [0.05, 0.1) is 12.1 Å². The van der Waals surface area contributed by atoms with Gasteiger partial charge in [-0.25, -0.2) is 9.59 Å². The van der Waals surface area contributed by atoms with E-state index in [0.29, 0.717) is 12.4 Å². The number of nitrogens with one attached hydrogen (secondary N) is 2. The van der Waals surface area contributed by atoms with Crippen molar-refractivity contribution in [2.75, 3.05) is 6.54 Å². The number of rotatable bonds is 4. The van der Waals surface area contributed by atoms with Gasteiger partial charge in [0.25, 0.3) is 0 Å². The molecule has 0 radical (unpaired) electrons. The van der Waals surface area contributed by atoms with Crippen molar-refractivity contribution in [1.29, 1.82) is 0 Å². The summed E-state index contributed by atoms with van der Waals surface area (Å²) in [6.07, 6.45) is 3.94. The molecule has 0 bridgehead atoms. The number of amides is 3. The predicted octanol–water partition coefficient (Wildman–Crippen LogP) is 2.35. The Morgan fingerprint density at radius 1 is 1.26 bits per heavy atom. The first-order chi connectivity index (χ1) is 12.6. The highest BCUT2D eigenvalue weighted by Crippen LogP contribution is 2.21. The number of hydrogen-bond acceptors (Lipinski definition) is 5. The number of carbonyl (C=O) groups excluding carboxylic acids is 2. The molecule has 0 aliphatic carbocycles. The Hall–Kier alpha value is -2.32. The van der Waals surface area contributed by atoms with Crippen LogP contribution in [0.25, 0.3) is 0 Å². The third kappa shape index (κ3) is 5.83. The molecule has 0 spiro atoms. The number of aromatic nitrogens is 3. The topological polar surface area (TPSA) is 101 Å². The first kappa shape index (κ1) is 21.0. The SMILES string of the molecule is C[C@H](NC(=O)N1CCCC[C@@H]1[C@H](C)NC(=O)OC(C)(C)C)c1nncn1C. The van der Waals surface area contributed by atoms with Gasteiger partial charge in [-0.1, -0.05) is 0 Å². The monoisotopic (exact) mass is 380 g/mol. The lowest BCUT2D eigenvalue weighted by atomic mass is 9.97. The molecule has 1 aliphatic rings. The Balaban J connectivity index is 1.99. The molecule has 2 rings (SSSR count). The lowest BCUT2D eigenvalue weighted by Gasteiger charge is -2.39. The largest absolute Gasteiger partial charge is 0.444 e. The van der Waals surface area contributed by atoms with Gasteiger partial charge in [0.1, 0.15) is 11.9 Å². The molecular formula is C18H32N6O3. The van der Waals surface area contributed by atoms with Crippen LogP contribution in [-0.2, 0) is 11.8 Å². The van der Waals surface area contributed by atoms with Crippen LogP contribution in [0.4, 0.5) is 9.59 Å². The Morgan fingerprint density at radius 3 is 2.56 bits per heavy atom. The number of alkyl carbamates (subject to hydrolysis) is 1. The molecule has 9 nitrogen and oxygen atoms in total. The molecular weight excluding hydrogens is 348 g/mol. The van der Waals surface area contributed by atoms with Crippen LogP contribution in [0.3, 0.4) is 0 Å². The van der Waals surface area contributed by atoms with E-state index in [1.807, 2.05) is 41.7 Å². The zero-order chi connectivity index (χ0) is 20.2. The van der Waals surface area contributed by atoms with Crippen LogP contribution in [-0.4, -0.2) is 56.0 Å². The molecule has 2 heterocycles. The Bertz CT molecular complexity index is 654. The molecule has 3 atom stereocenters. The number of ether oxygens (including phenoxy) is 1. The van der Waals surface area contributed by atoms with Gasteiger partial charge >= 0.3 is 12.1 Å². The Morgan fingerprint density at radius 2 is 1.96 bits per heavy atom. The molecule has 1 aromatic heterocycles. The number of hydrogen-bond donors (Lipinski definition) is 2. The smallest absolute Gasteiger partial charge is 0.407 e. The van der Waals surface area contributed by atoms with Gasteiger partial charge in [-0.05, 0) is 53.9 Å². The number of carbonyl (C=O) groups is 2. The fourth-order valence-electron chi connectivity index (χ4n) is 3.34. The van der Waals surface area contributed by atoms with Crippen molar-refractivity contribution in [3.63, 3.8) is 0 Å². The maximum Gasteiger partial charge on any atom is 0.407 e. The number of urea groups is 1. The summed E-state index contributed by atoms with van der Waals surface area (Å²) in [6.45, 7) is 9.92. The van der Waals surface area contributed by atoms with E-state index in [1.165, 1.54) is 0 Å². The number of likely N-dealkylation sites (tertiary alicyclic amines) is 1. The van der Waals surface area contributed by atoms with E-state index in [9.17, 15) is 9.59 Å². The maximum atomic E-state index is 12.9. The second kappa shape index (κ2) is 8.58. The molecule has 152 valence electrons. The average Bonchev–Trinajstić information content (AvgIpc) is 2.99. The average molecular weight is 380 g/mol. The summed E-state index contributed by atoms with van der Waals surface area (Å²) < 4.78 is 7.12. The molecule has 1 aromatic rings. The highest BCUT2D eigenvalue weighted by molar-refractivity contribution is 5.75. The molecule has 0 saturated carbocycles. The second-order valence-electron chi connectivity index (χ2n) is 8.16. The van der Waals surface area contributed by atoms with Crippen LogP contribution in [0.1, 0.15) is 65.7 Å². The van der Waals surface area contributed by atoms with Crippen LogP contribution < -0.4 is 10.6 Å². The fraction of sp³-hybridized carbons (Fsp3) is 0.778. The van der Waals surface area contributed by atoms with Crippen molar-refractivity contribution < 1.29 is 14.3 Å². The highest BCUT2D eigenvalue weighted by atomic mass is 16.6. The zero-order valence-electron chi connectivity index (χ0n) is 17.2. The van der Waals surface area contributed by atoms with Crippen molar-refractivity contribution in [1.82, 2.24) is 30.3 Å². The van der Waals surface area contributed by atoms with E-state index in [-0.39, 0.29) is 24.2 Å². The summed E-state index contributed by atoms with van der Waals surface area (Å²) in [7, 11) is 1.84. The minimum Gasteiger partial charge on any atom is -0.444 e. The summed E-state index contributed by atoms with van der Waals surface area (Å²) in [4.78, 5) is 26.8. The van der Waals surface area contributed by atoms with Gasteiger partial charge in [-0.15, -0.1) is 10.2 Å². The zero-order valence-corrected chi connectivity index (χ0v) is 17.2. The summed E-state index contributed by atoms with van der Waals surface area (Å²) in [5.41, 5.74) is -0.557. The molecule has 2 N–H and O–H groups in total. The van der Waals surface area contributed by atoms with Gasteiger partial charge in [0.2, 0.25) is 0 Å². The van der Waals surface area contributed by atoms with Gasteiger partial charge < -0.3 is 24.8 Å². The van der Waals surface area contributed by atoms with Crippen molar-refractivity contribution in [3.8, 4) is 0 Å². The van der Waals surface area contributed by atoms with Crippen LogP contribution in [0.2, 0.25) is 0 Å². The van der Waals surface area contributed by atoms with E-state index in [0.717, 1.165) is 19.3 Å². The molecule has 1 saturated heterocycles. The van der Waals surface area contributed by atoms with Crippen LogP contribution in [0, 0.1) is 0 Å². The van der Waals surface area contributed by atoms with Gasteiger partial charge in [-0.2, -0.15) is 0 Å². The van der Waals surface area contributed by atoms with Crippen molar-refractivity contribution >= 4 is 12.1 Å². The summed E-state index contributed by atoms with van der Waals surface area (Å²) >= 11 is 0. The maximum absolute atomic E-state index is 12.9. The second-order valence-corrected chi connectivity index (χ2v) is 8.16. The number of aryl methyl sites for hydroxylation is 1. The Kier molecular flexibility index (Phi) is 6.67. The third-order valence-electron chi connectivity index (χ3n) is 4.61. The lowest BCUT2D eigenvalue weighted by Crippen LogP contribution is -2.57. The van der Waals surface area contributed by atoms with Gasteiger partial charge in [0.15, 0.2) is 5.82 Å². The van der Waals surface area contributed by atoms with E-state index in [4.69, 9.17) is 4.74 Å². The van der Waals surface area contributed by atoms with E-state index in [2.05, 4.69) is 20.8 Å². The van der Waals surface area contributed by atoms with Crippen LogP contribution in [0.5, 0.6) is 0 Å². The number of piperidine rings is 1. The number of nitrogens with zero attached hydrogens (tertiary/aromatic N) is 4. The molecule has 1 fully saturated rings. The fourth-order valence-corrected chi connectivity index (χ4v) is 3.34. The molecule has 0 aromatic carbocycles. The van der Waals surface area contributed by atoms with E-state index in [1.54, 1.807) is 15.8 Å². The molecule has 9 heteroatoms. The van der Waals surface area contributed by atoms with Crippen LogP contribution in [0.15, 0.2) is 6.33 Å². The minimum absolute atomic E-state index is 0.0852. The normalized spacial score (nSPS) is 19.9. The van der Waals surface area contributed by atoms with E-state index < -0.39 is 11.7 Å². The minimum atomic E-state index is -0.557. The summed E-state index contributed by atoms with van der Waals surface area (Å²) in [5.74, 6) is 0.692. The van der Waals surface area contributed by atoms with Crippen molar-refractivity contribution in [3.05, 3.63) is 12.2 Å². The predicted molar refractivity (Wildman–Crippen MR) is 101 cm³/mol. The molecule has 0 unspecified atom stereocenters. The molecule has 1 aliphatic heterocycles. The molecule has 3 amide bonds. The summed E-state index contributed by atoms with van der Waals surface area (Å²) in [5, 5.41) is 13.8. The first-order valence-corrected chi connectivity index (χ1v) is 9.49. The highest BCUT2D eigenvalue weighted by Gasteiger charge is 2.33. The van der Waals surface area contributed by atoms with Crippen LogP contribution >= 0.6 is 0 Å². The lowest BCUT2D eigenvalue weighted by molar-refractivity contribution is 0.0461. The van der Waals surface area contributed by atoms with Crippen molar-refractivity contribution in [2.45, 2.75) is 77.6 Å². The summed E-state index contributed by atoms with van der Waals surface area (Å²) in [6, 6.07) is -0.719.